The summed E-state index contributed by atoms with van der Waals surface area (Å²) >= 11 is 3.60. The van der Waals surface area contributed by atoms with Crippen molar-refractivity contribution in [1.82, 2.24) is 9.80 Å². The van der Waals surface area contributed by atoms with E-state index in [9.17, 15) is 10.2 Å². The van der Waals surface area contributed by atoms with Gasteiger partial charge < -0.3 is 10.2 Å². The topological polar surface area (TPSA) is 46.9 Å². The Bertz CT molecular complexity index is 552. The van der Waals surface area contributed by atoms with Crippen LogP contribution in [0.4, 0.5) is 0 Å². The molecule has 1 heterocycles. The molecule has 3 rings (SSSR count). The summed E-state index contributed by atoms with van der Waals surface area (Å²) < 4.78 is 1.16. The lowest BCUT2D eigenvalue weighted by Gasteiger charge is -2.41. The molecule has 0 radical (unpaired) electrons. The van der Waals surface area contributed by atoms with E-state index >= 15 is 0 Å². The zero-order chi connectivity index (χ0) is 16.6. The van der Waals surface area contributed by atoms with E-state index in [0.29, 0.717) is 6.04 Å². The van der Waals surface area contributed by atoms with Crippen molar-refractivity contribution >= 4 is 15.9 Å². The standard InChI is InChI=1S/C18H27BrN2O2/c1-18(2)10-17(15-4-3-13(19)9-16(15)18)21-7-5-20(6-8-21)14(11-22)12-23/h3-4,9,14,17,22-23H,5-8,10-12H2,1-2H3. The molecule has 1 aliphatic carbocycles. The van der Waals surface area contributed by atoms with E-state index in [0.717, 1.165) is 37.1 Å². The largest absolute Gasteiger partial charge is 0.395 e. The van der Waals surface area contributed by atoms with Crippen LogP contribution in [-0.4, -0.2) is 65.4 Å². The number of aliphatic hydroxyl groups excluding tert-OH is 2. The number of hydrogen-bond acceptors (Lipinski definition) is 4. The lowest BCUT2D eigenvalue weighted by atomic mass is 9.86. The van der Waals surface area contributed by atoms with Gasteiger partial charge in [0.15, 0.2) is 0 Å². The molecule has 1 saturated heterocycles. The molecular formula is C18H27BrN2O2. The van der Waals surface area contributed by atoms with Gasteiger partial charge in [0.2, 0.25) is 0 Å². The van der Waals surface area contributed by atoms with Gasteiger partial charge in [0.25, 0.3) is 0 Å². The van der Waals surface area contributed by atoms with Crippen LogP contribution in [0.25, 0.3) is 0 Å². The van der Waals surface area contributed by atoms with Crippen molar-refractivity contribution in [2.45, 2.75) is 37.8 Å². The minimum absolute atomic E-state index is 0.0316. The first-order chi connectivity index (χ1) is 11.0. The van der Waals surface area contributed by atoms with Crippen LogP contribution in [0.5, 0.6) is 0 Å². The number of piperazine rings is 1. The number of benzene rings is 1. The quantitative estimate of drug-likeness (QED) is 0.837. The lowest BCUT2D eigenvalue weighted by Crippen LogP contribution is -2.53. The minimum atomic E-state index is -0.111. The first kappa shape index (κ1) is 17.4. The summed E-state index contributed by atoms with van der Waals surface area (Å²) in [6.45, 7) is 8.54. The first-order valence-electron chi connectivity index (χ1n) is 8.46. The SMILES string of the molecule is CC1(C)CC(N2CCN(C(CO)CO)CC2)c2ccc(Br)cc21. The average molecular weight is 383 g/mol. The van der Waals surface area contributed by atoms with Crippen LogP contribution in [0.2, 0.25) is 0 Å². The van der Waals surface area contributed by atoms with Crippen molar-refractivity contribution in [1.29, 1.82) is 0 Å². The van der Waals surface area contributed by atoms with Crippen LogP contribution < -0.4 is 0 Å². The average Bonchev–Trinajstić information content (AvgIpc) is 2.80. The van der Waals surface area contributed by atoms with Gasteiger partial charge in [0.05, 0.1) is 19.3 Å². The van der Waals surface area contributed by atoms with Crippen LogP contribution in [0.1, 0.15) is 37.4 Å². The van der Waals surface area contributed by atoms with Crippen LogP contribution in [0.3, 0.4) is 0 Å². The zero-order valence-corrected chi connectivity index (χ0v) is 15.6. The second-order valence-corrected chi connectivity index (χ2v) is 8.34. The predicted octanol–water partition coefficient (Wildman–Crippen LogP) is 2.14. The van der Waals surface area contributed by atoms with Gasteiger partial charge in [-0.2, -0.15) is 0 Å². The van der Waals surface area contributed by atoms with Gasteiger partial charge >= 0.3 is 0 Å². The Balaban J connectivity index is 1.73. The molecule has 0 spiro atoms. The Labute approximate surface area is 147 Å². The van der Waals surface area contributed by atoms with E-state index < -0.39 is 0 Å². The number of fused-ring (bicyclic) bond motifs is 1. The Morgan fingerprint density at radius 1 is 1.17 bits per heavy atom. The number of aliphatic hydroxyl groups is 2. The van der Waals surface area contributed by atoms with Gasteiger partial charge in [-0.15, -0.1) is 0 Å². The fourth-order valence-corrected chi connectivity index (χ4v) is 4.50. The maximum Gasteiger partial charge on any atom is 0.0609 e. The number of nitrogens with zero attached hydrogens (tertiary/aromatic N) is 2. The van der Waals surface area contributed by atoms with Crippen molar-refractivity contribution < 1.29 is 10.2 Å². The van der Waals surface area contributed by atoms with Gasteiger partial charge in [-0.1, -0.05) is 35.8 Å². The molecule has 1 atom stereocenters. The highest BCUT2D eigenvalue weighted by atomic mass is 79.9. The van der Waals surface area contributed by atoms with Crippen LogP contribution in [0.15, 0.2) is 22.7 Å². The van der Waals surface area contributed by atoms with Gasteiger partial charge in [-0.25, -0.2) is 0 Å². The molecule has 23 heavy (non-hydrogen) atoms. The summed E-state index contributed by atoms with van der Waals surface area (Å²) in [4.78, 5) is 4.78. The van der Waals surface area contributed by atoms with E-state index in [1.54, 1.807) is 0 Å². The van der Waals surface area contributed by atoms with Gasteiger partial charge in [-0.05, 0) is 35.1 Å². The molecule has 128 valence electrons. The Morgan fingerprint density at radius 3 is 2.43 bits per heavy atom. The second kappa shape index (κ2) is 6.81. The normalized spacial score (nSPS) is 25.0. The smallest absolute Gasteiger partial charge is 0.0609 e. The fraction of sp³-hybridized carbons (Fsp3) is 0.667. The third kappa shape index (κ3) is 3.35. The molecule has 2 N–H and O–H groups in total. The summed E-state index contributed by atoms with van der Waals surface area (Å²) in [6, 6.07) is 7.07. The Hall–Kier alpha value is -0.460. The lowest BCUT2D eigenvalue weighted by molar-refractivity contribution is 0.0217. The molecule has 4 nitrogen and oxygen atoms in total. The van der Waals surface area contributed by atoms with Crippen LogP contribution >= 0.6 is 15.9 Å². The van der Waals surface area contributed by atoms with Crippen molar-refractivity contribution in [2.75, 3.05) is 39.4 Å². The second-order valence-electron chi connectivity index (χ2n) is 7.43. The number of halogens is 1. The van der Waals surface area contributed by atoms with Gasteiger partial charge in [0, 0.05) is 36.7 Å². The Morgan fingerprint density at radius 2 is 1.83 bits per heavy atom. The number of hydrogen-bond donors (Lipinski definition) is 2. The predicted molar refractivity (Wildman–Crippen MR) is 95.6 cm³/mol. The van der Waals surface area contributed by atoms with E-state index in [1.807, 2.05) is 0 Å². The Kier molecular flexibility index (Phi) is 5.14. The van der Waals surface area contributed by atoms with Crippen molar-refractivity contribution in [3.8, 4) is 0 Å². The molecule has 5 heteroatoms. The molecule has 2 aliphatic rings. The summed E-state index contributed by atoms with van der Waals surface area (Å²) in [6.07, 6.45) is 1.15. The van der Waals surface area contributed by atoms with Crippen LogP contribution in [0, 0.1) is 0 Å². The highest BCUT2D eigenvalue weighted by Crippen LogP contribution is 2.48. The molecule has 1 aliphatic heterocycles. The molecule has 1 aromatic rings. The molecule has 0 aromatic heterocycles. The number of rotatable bonds is 4. The highest BCUT2D eigenvalue weighted by molar-refractivity contribution is 9.10. The molecule has 0 amide bonds. The maximum atomic E-state index is 9.36. The first-order valence-corrected chi connectivity index (χ1v) is 9.25. The third-order valence-corrected chi connectivity index (χ3v) is 6.03. The van der Waals surface area contributed by atoms with E-state index in [-0.39, 0.29) is 24.7 Å². The summed E-state index contributed by atoms with van der Waals surface area (Å²) in [5.74, 6) is 0. The maximum absolute atomic E-state index is 9.36. The molecule has 0 bridgehead atoms. The van der Waals surface area contributed by atoms with Gasteiger partial charge in [-0.3, -0.25) is 9.80 Å². The summed E-state index contributed by atoms with van der Waals surface area (Å²) in [5, 5.41) is 18.7. The molecule has 1 fully saturated rings. The third-order valence-electron chi connectivity index (χ3n) is 5.53. The summed E-state index contributed by atoms with van der Waals surface area (Å²) in [5.41, 5.74) is 3.13. The van der Waals surface area contributed by atoms with Crippen molar-refractivity contribution in [3.05, 3.63) is 33.8 Å². The van der Waals surface area contributed by atoms with E-state index in [2.05, 4.69) is 57.8 Å². The monoisotopic (exact) mass is 382 g/mol. The zero-order valence-electron chi connectivity index (χ0n) is 14.0. The van der Waals surface area contributed by atoms with Crippen molar-refractivity contribution in [2.24, 2.45) is 0 Å². The molecule has 0 saturated carbocycles. The molecular weight excluding hydrogens is 356 g/mol. The molecule has 1 aromatic carbocycles. The van der Waals surface area contributed by atoms with Gasteiger partial charge in [0.1, 0.15) is 0 Å². The van der Waals surface area contributed by atoms with Crippen LogP contribution in [-0.2, 0) is 5.41 Å². The van der Waals surface area contributed by atoms with E-state index in [1.165, 1.54) is 11.1 Å². The highest BCUT2D eigenvalue weighted by Gasteiger charge is 2.40. The fourth-order valence-electron chi connectivity index (χ4n) is 4.14. The summed E-state index contributed by atoms with van der Waals surface area (Å²) in [7, 11) is 0. The van der Waals surface area contributed by atoms with Crippen molar-refractivity contribution in [3.63, 3.8) is 0 Å². The molecule has 1 unspecified atom stereocenters. The van der Waals surface area contributed by atoms with E-state index in [4.69, 9.17) is 0 Å². The minimum Gasteiger partial charge on any atom is -0.395 e.